The zero-order chi connectivity index (χ0) is 37.4. The van der Waals surface area contributed by atoms with E-state index in [1.54, 1.807) is 0 Å². The van der Waals surface area contributed by atoms with Crippen LogP contribution in [0.5, 0.6) is 0 Å². The average molecular weight is 715 g/mol. The van der Waals surface area contributed by atoms with Crippen molar-refractivity contribution in [2.75, 3.05) is 0 Å². The van der Waals surface area contributed by atoms with Crippen LogP contribution in [-0.4, -0.2) is 24.9 Å². The molecular weight excluding hydrogens is 685 g/mol. The van der Waals surface area contributed by atoms with Crippen LogP contribution in [-0.2, 0) is 0 Å². The molecule has 0 spiro atoms. The van der Waals surface area contributed by atoms with Crippen LogP contribution >= 0.6 is 0 Å². The molecule has 3 heterocycles. The standard InChI is InChI=1S/C50H30N6/c51-31-32-18-20-34(21-19-32)42-29-44-41-17-9-27-53-47(41)43(30-45(44)40-16-8-26-52-46(40)42)39-15-7-14-38(28-39)33-22-24-37(25-23-33)50-55-48(35-10-3-1-4-11-35)54-49(56-50)36-12-5-2-6-13-36/h1-30H. The van der Waals surface area contributed by atoms with Gasteiger partial charge in [-0.1, -0.05) is 127 Å². The largest absolute Gasteiger partial charge is 0.256 e. The third-order valence-corrected chi connectivity index (χ3v) is 10.2. The Kier molecular flexibility index (Phi) is 8.09. The number of aromatic nitrogens is 5. The molecule has 0 N–H and O–H groups in total. The summed E-state index contributed by atoms with van der Waals surface area (Å²) in [6.45, 7) is 0. The van der Waals surface area contributed by atoms with E-state index in [0.717, 1.165) is 82.6 Å². The molecular formula is C50H30N6. The van der Waals surface area contributed by atoms with Gasteiger partial charge in [-0.25, -0.2) is 15.0 Å². The van der Waals surface area contributed by atoms with Gasteiger partial charge in [0, 0.05) is 51.0 Å². The first-order chi connectivity index (χ1) is 27.7. The lowest BCUT2D eigenvalue weighted by Crippen LogP contribution is -2.00. The molecule has 0 saturated carbocycles. The van der Waals surface area contributed by atoms with Crippen molar-refractivity contribution in [2.45, 2.75) is 0 Å². The summed E-state index contributed by atoms with van der Waals surface area (Å²) in [5.41, 5.74) is 11.6. The lowest BCUT2D eigenvalue weighted by Gasteiger charge is -2.15. The molecule has 0 saturated heterocycles. The van der Waals surface area contributed by atoms with Gasteiger partial charge in [-0.3, -0.25) is 9.97 Å². The first-order valence-electron chi connectivity index (χ1n) is 18.4. The van der Waals surface area contributed by atoms with Crippen LogP contribution in [0.4, 0.5) is 0 Å². The average Bonchev–Trinajstić information content (AvgIpc) is 3.29. The second-order valence-electron chi connectivity index (χ2n) is 13.6. The maximum absolute atomic E-state index is 9.39. The van der Waals surface area contributed by atoms with E-state index < -0.39 is 0 Å². The van der Waals surface area contributed by atoms with Gasteiger partial charge < -0.3 is 0 Å². The number of hydrogen-bond donors (Lipinski definition) is 0. The maximum atomic E-state index is 9.39. The van der Waals surface area contributed by atoms with Gasteiger partial charge in [0.15, 0.2) is 17.5 Å². The Morgan fingerprint density at radius 2 is 0.786 bits per heavy atom. The van der Waals surface area contributed by atoms with Crippen molar-refractivity contribution in [3.8, 4) is 73.6 Å². The molecule has 6 heteroatoms. The number of pyridine rings is 2. The first-order valence-corrected chi connectivity index (χ1v) is 18.4. The van der Waals surface area contributed by atoms with E-state index in [2.05, 4.69) is 78.9 Å². The van der Waals surface area contributed by atoms with Crippen LogP contribution in [0.15, 0.2) is 182 Å². The zero-order valence-corrected chi connectivity index (χ0v) is 30.0. The molecule has 0 unspecified atom stereocenters. The quantitative estimate of drug-likeness (QED) is 0.159. The Bertz CT molecular complexity index is 3060. The normalized spacial score (nSPS) is 11.2. The number of benzene rings is 7. The molecule has 0 amide bonds. The number of nitrogens with zero attached hydrogens (tertiary/aromatic N) is 6. The lowest BCUT2D eigenvalue weighted by atomic mass is 9.90. The van der Waals surface area contributed by atoms with E-state index in [0.29, 0.717) is 23.0 Å². The molecule has 0 aliphatic rings. The minimum absolute atomic E-state index is 0.621. The Labute approximate surface area is 323 Å². The number of fused-ring (bicyclic) bond motifs is 5. The van der Waals surface area contributed by atoms with Crippen LogP contribution in [0.1, 0.15) is 5.56 Å². The van der Waals surface area contributed by atoms with Gasteiger partial charge in [0.05, 0.1) is 22.7 Å². The van der Waals surface area contributed by atoms with Gasteiger partial charge in [-0.05, 0) is 75.5 Å². The van der Waals surface area contributed by atoms with Crippen molar-refractivity contribution in [1.82, 2.24) is 24.9 Å². The summed E-state index contributed by atoms with van der Waals surface area (Å²) >= 11 is 0. The summed E-state index contributed by atoms with van der Waals surface area (Å²) in [5.74, 6) is 1.89. The Morgan fingerprint density at radius 1 is 0.339 bits per heavy atom. The predicted molar refractivity (Wildman–Crippen MR) is 225 cm³/mol. The van der Waals surface area contributed by atoms with Crippen LogP contribution in [0.2, 0.25) is 0 Å². The van der Waals surface area contributed by atoms with Crippen molar-refractivity contribution in [2.24, 2.45) is 0 Å². The zero-order valence-electron chi connectivity index (χ0n) is 30.0. The fourth-order valence-corrected chi connectivity index (χ4v) is 7.48. The van der Waals surface area contributed by atoms with Crippen molar-refractivity contribution in [1.29, 1.82) is 5.26 Å². The number of hydrogen-bond acceptors (Lipinski definition) is 6. The topological polar surface area (TPSA) is 88.2 Å². The molecule has 0 aliphatic carbocycles. The molecule has 6 nitrogen and oxygen atoms in total. The van der Waals surface area contributed by atoms with Gasteiger partial charge in [0.1, 0.15) is 0 Å². The van der Waals surface area contributed by atoms with E-state index in [9.17, 15) is 5.26 Å². The first kappa shape index (κ1) is 32.7. The van der Waals surface area contributed by atoms with Gasteiger partial charge in [-0.15, -0.1) is 0 Å². The second-order valence-corrected chi connectivity index (χ2v) is 13.6. The van der Waals surface area contributed by atoms with Crippen LogP contribution < -0.4 is 0 Å². The molecule has 3 aromatic heterocycles. The Hall–Kier alpha value is -7.88. The lowest BCUT2D eigenvalue weighted by molar-refractivity contribution is 1.07. The third-order valence-electron chi connectivity index (χ3n) is 10.2. The Balaban J connectivity index is 1.06. The van der Waals surface area contributed by atoms with Crippen molar-refractivity contribution in [3.63, 3.8) is 0 Å². The summed E-state index contributed by atoms with van der Waals surface area (Å²) in [4.78, 5) is 24.5. The van der Waals surface area contributed by atoms with Gasteiger partial charge >= 0.3 is 0 Å². The molecule has 260 valence electrons. The monoisotopic (exact) mass is 714 g/mol. The van der Waals surface area contributed by atoms with Crippen molar-refractivity contribution >= 4 is 32.6 Å². The smallest absolute Gasteiger partial charge is 0.164 e. The van der Waals surface area contributed by atoms with Crippen LogP contribution in [0.25, 0.3) is 100 Å². The molecule has 0 bridgehead atoms. The molecule has 0 radical (unpaired) electrons. The molecule has 10 rings (SSSR count). The highest BCUT2D eigenvalue weighted by atomic mass is 15.0. The highest BCUT2D eigenvalue weighted by Crippen LogP contribution is 2.41. The predicted octanol–water partition coefficient (Wildman–Crippen LogP) is 12.0. The molecule has 7 aromatic carbocycles. The van der Waals surface area contributed by atoms with Crippen LogP contribution in [0, 0.1) is 11.3 Å². The number of rotatable bonds is 6. The van der Waals surface area contributed by atoms with Gasteiger partial charge in [-0.2, -0.15) is 5.26 Å². The summed E-state index contributed by atoms with van der Waals surface area (Å²) in [6.07, 6.45) is 3.70. The number of nitriles is 1. The molecule has 0 aliphatic heterocycles. The van der Waals surface area contributed by atoms with E-state index in [1.165, 1.54) is 0 Å². The summed E-state index contributed by atoms with van der Waals surface area (Å²) in [7, 11) is 0. The Morgan fingerprint density at radius 3 is 1.32 bits per heavy atom. The minimum atomic E-state index is 0.621. The van der Waals surface area contributed by atoms with Gasteiger partial charge in [0.2, 0.25) is 0 Å². The maximum Gasteiger partial charge on any atom is 0.164 e. The fraction of sp³-hybridized carbons (Fsp3) is 0. The van der Waals surface area contributed by atoms with Crippen molar-refractivity contribution in [3.05, 3.63) is 188 Å². The van der Waals surface area contributed by atoms with Crippen molar-refractivity contribution < 1.29 is 0 Å². The SMILES string of the molecule is N#Cc1ccc(-c2cc3c4cccnc4c(-c4cccc(-c5ccc(-c6nc(-c7ccccc7)nc(-c7ccccc7)n6)cc5)c4)cc3c3cccnc23)cc1. The van der Waals surface area contributed by atoms with Crippen LogP contribution in [0.3, 0.4) is 0 Å². The van der Waals surface area contributed by atoms with E-state index in [-0.39, 0.29) is 0 Å². The fourth-order valence-electron chi connectivity index (χ4n) is 7.48. The van der Waals surface area contributed by atoms with E-state index in [1.807, 2.05) is 109 Å². The summed E-state index contributed by atoms with van der Waals surface area (Å²) < 4.78 is 0. The third kappa shape index (κ3) is 5.90. The van der Waals surface area contributed by atoms with Gasteiger partial charge in [0.25, 0.3) is 0 Å². The molecule has 0 fully saturated rings. The highest BCUT2D eigenvalue weighted by molar-refractivity contribution is 6.22. The summed E-state index contributed by atoms with van der Waals surface area (Å²) in [5, 5.41) is 13.7. The molecule has 56 heavy (non-hydrogen) atoms. The molecule has 0 atom stereocenters. The minimum Gasteiger partial charge on any atom is -0.256 e. The highest BCUT2D eigenvalue weighted by Gasteiger charge is 2.17. The molecule has 10 aromatic rings. The summed E-state index contributed by atoms with van der Waals surface area (Å²) in [6, 6.07) is 59.8. The second kappa shape index (κ2) is 13.8. The van der Waals surface area contributed by atoms with E-state index in [4.69, 9.17) is 24.9 Å². The van der Waals surface area contributed by atoms with E-state index >= 15 is 0 Å².